The largest absolute Gasteiger partial charge is 0.480 e. The predicted octanol–water partition coefficient (Wildman–Crippen LogP) is 0.204. The highest BCUT2D eigenvalue weighted by Crippen LogP contribution is 2.20. The summed E-state index contributed by atoms with van der Waals surface area (Å²) < 4.78 is 0. The van der Waals surface area contributed by atoms with Crippen molar-refractivity contribution in [2.24, 2.45) is 0 Å². The van der Waals surface area contributed by atoms with Crippen molar-refractivity contribution >= 4 is 11.9 Å². The van der Waals surface area contributed by atoms with Gasteiger partial charge in [-0.25, -0.2) is 4.79 Å². The summed E-state index contributed by atoms with van der Waals surface area (Å²) in [5.74, 6) is -0.893. The van der Waals surface area contributed by atoms with Gasteiger partial charge in [0.25, 0.3) is 0 Å². The van der Waals surface area contributed by atoms with E-state index in [0.29, 0.717) is 13.0 Å². The van der Waals surface area contributed by atoms with Gasteiger partial charge in [0.15, 0.2) is 0 Å². The van der Waals surface area contributed by atoms with Gasteiger partial charge in [0.2, 0.25) is 5.91 Å². The zero-order chi connectivity index (χ0) is 11.5. The summed E-state index contributed by atoms with van der Waals surface area (Å²) in [6.07, 6.45) is 4.25. The van der Waals surface area contributed by atoms with Crippen LogP contribution in [-0.4, -0.2) is 47.1 Å². The fourth-order valence-electron chi connectivity index (χ4n) is 2.55. The quantitative estimate of drug-likeness (QED) is 0.706. The minimum absolute atomic E-state index is 0.0235. The van der Waals surface area contributed by atoms with Gasteiger partial charge >= 0.3 is 5.97 Å². The Hall–Kier alpha value is -1.10. The number of nitrogens with zero attached hydrogens (tertiary/aromatic N) is 1. The normalized spacial score (nSPS) is 30.4. The van der Waals surface area contributed by atoms with Gasteiger partial charge < -0.3 is 15.3 Å². The lowest BCUT2D eigenvalue weighted by Crippen LogP contribution is -2.53. The Morgan fingerprint density at radius 1 is 1.19 bits per heavy atom. The number of hydrogen-bond donors (Lipinski definition) is 2. The number of nitrogens with one attached hydrogen (secondary N) is 1. The molecule has 5 heteroatoms. The molecule has 16 heavy (non-hydrogen) atoms. The summed E-state index contributed by atoms with van der Waals surface area (Å²) in [6, 6.07) is -0.761. The first-order valence-electron chi connectivity index (χ1n) is 5.97. The first-order valence-corrected chi connectivity index (χ1v) is 5.97. The lowest BCUT2D eigenvalue weighted by atomic mass is 10.0. The highest BCUT2D eigenvalue weighted by atomic mass is 16.4. The Labute approximate surface area is 94.8 Å². The van der Waals surface area contributed by atoms with Crippen LogP contribution in [0, 0.1) is 0 Å². The molecule has 2 atom stereocenters. The molecule has 2 fully saturated rings. The second-order valence-corrected chi connectivity index (χ2v) is 4.53. The molecule has 1 amide bonds. The highest BCUT2D eigenvalue weighted by Gasteiger charge is 2.35. The average Bonchev–Trinajstić information content (AvgIpc) is 2.81. The van der Waals surface area contributed by atoms with Gasteiger partial charge in [-0.2, -0.15) is 0 Å². The molecule has 2 aliphatic heterocycles. The average molecular weight is 226 g/mol. The fourth-order valence-corrected chi connectivity index (χ4v) is 2.55. The number of carboxylic acid groups (broad SMARTS) is 1. The smallest absolute Gasteiger partial charge is 0.326 e. The van der Waals surface area contributed by atoms with Crippen molar-refractivity contribution in [3.05, 3.63) is 0 Å². The molecule has 2 rings (SSSR count). The van der Waals surface area contributed by atoms with Crippen molar-refractivity contribution in [1.29, 1.82) is 0 Å². The molecule has 2 N–H and O–H groups in total. The number of aliphatic carboxylic acids is 1. The van der Waals surface area contributed by atoms with Gasteiger partial charge in [0.1, 0.15) is 6.04 Å². The first-order chi connectivity index (χ1) is 7.70. The zero-order valence-corrected chi connectivity index (χ0v) is 9.32. The number of amides is 1. The van der Waals surface area contributed by atoms with Gasteiger partial charge in [0.05, 0.1) is 6.04 Å². The Balaban J connectivity index is 2.04. The molecular weight excluding hydrogens is 208 g/mol. The number of carbonyl (C=O) groups excluding carboxylic acids is 1. The van der Waals surface area contributed by atoms with Crippen LogP contribution >= 0.6 is 0 Å². The molecule has 2 saturated heterocycles. The van der Waals surface area contributed by atoms with Crippen molar-refractivity contribution in [2.75, 3.05) is 13.1 Å². The summed E-state index contributed by atoms with van der Waals surface area (Å²) in [6.45, 7) is 1.45. The zero-order valence-electron chi connectivity index (χ0n) is 9.32. The molecule has 5 nitrogen and oxygen atoms in total. The van der Waals surface area contributed by atoms with E-state index in [1.165, 1.54) is 0 Å². The maximum absolute atomic E-state index is 12.1. The summed E-state index contributed by atoms with van der Waals surface area (Å²) in [4.78, 5) is 24.7. The van der Waals surface area contributed by atoms with Crippen LogP contribution in [0.2, 0.25) is 0 Å². The summed E-state index contributed by atoms with van der Waals surface area (Å²) in [5.41, 5.74) is 0. The second-order valence-electron chi connectivity index (χ2n) is 4.53. The Morgan fingerprint density at radius 2 is 2.00 bits per heavy atom. The van der Waals surface area contributed by atoms with Crippen molar-refractivity contribution in [1.82, 2.24) is 10.2 Å². The van der Waals surface area contributed by atoms with E-state index in [4.69, 9.17) is 5.11 Å². The fraction of sp³-hybridized carbons (Fsp3) is 0.818. The third kappa shape index (κ3) is 2.19. The molecule has 0 aromatic rings. The van der Waals surface area contributed by atoms with E-state index in [0.717, 1.165) is 32.2 Å². The first kappa shape index (κ1) is 11.4. The Bertz CT molecular complexity index is 287. The maximum atomic E-state index is 12.1. The summed E-state index contributed by atoms with van der Waals surface area (Å²) in [5, 5.41) is 12.2. The monoisotopic (exact) mass is 226 g/mol. The lowest BCUT2D eigenvalue weighted by molar-refractivity contribution is -0.152. The summed E-state index contributed by atoms with van der Waals surface area (Å²) >= 11 is 0. The maximum Gasteiger partial charge on any atom is 0.326 e. The number of rotatable bonds is 2. The molecule has 0 bridgehead atoms. The van der Waals surface area contributed by atoms with E-state index in [9.17, 15) is 9.59 Å². The van der Waals surface area contributed by atoms with Crippen molar-refractivity contribution < 1.29 is 14.7 Å². The molecule has 2 aliphatic rings. The van der Waals surface area contributed by atoms with Crippen LogP contribution in [0.1, 0.15) is 32.1 Å². The van der Waals surface area contributed by atoms with Gasteiger partial charge in [-0.1, -0.05) is 0 Å². The van der Waals surface area contributed by atoms with Crippen molar-refractivity contribution in [2.45, 2.75) is 44.2 Å². The van der Waals surface area contributed by atoms with Gasteiger partial charge in [-0.15, -0.1) is 0 Å². The van der Waals surface area contributed by atoms with Crippen LogP contribution in [0.4, 0.5) is 0 Å². The van der Waals surface area contributed by atoms with Crippen LogP contribution in [-0.2, 0) is 9.59 Å². The van der Waals surface area contributed by atoms with E-state index >= 15 is 0 Å². The lowest BCUT2D eigenvalue weighted by Gasteiger charge is -2.34. The molecule has 0 aromatic heterocycles. The van der Waals surface area contributed by atoms with Crippen LogP contribution < -0.4 is 5.32 Å². The molecule has 0 spiro atoms. The van der Waals surface area contributed by atoms with Crippen LogP contribution in [0.5, 0.6) is 0 Å². The highest BCUT2D eigenvalue weighted by molar-refractivity contribution is 5.87. The molecule has 0 saturated carbocycles. The van der Waals surface area contributed by atoms with Crippen molar-refractivity contribution in [3.63, 3.8) is 0 Å². The number of likely N-dealkylation sites (tertiary alicyclic amines) is 1. The van der Waals surface area contributed by atoms with Gasteiger partial charge in [0, 0.05) is 6.54 Å². The predicted molar refractivity (Wildman–Crippen MR) is 58.0 cm³/mol. The van der Waals surface area contributed by atoms with Crippen molar-refractivity contribution in [3.8, 4) is 0 Å². The summed E-state index contributed by atoms with van der Waals surface area (Å²) in [7, 11) is 0. The number of carbonyl (C=O) groups is 2. The Morgan fingerprint density at radius 3 is 2.62 bits per heavy atom. The van der Waals surface area contributed by atoms with E-state index < -0.39 is 12.0 Å². The third-order valence-electron chi connectivity index (χ3n) is 3.43. The minimum atomic E-state index is -0.869. The molecule has 90 valence electrons. The van der Waals surface area contributed by atoms with E-state index in [-0.39, 0.29) is 11.9 Å². The van der Waals surface area contributed by atoms with E-state index in [2.05, 4.69) is 5.32 Å². The molecule has 1 unspecified atom stereocenters. The molecule has 0 aromatic carbocycles. The third-order valence-corrected chi connectivity index (χ3v) is 3.43. The van der Waals surface area contributed by atoms with E-state index in [1.54, 1.807) is 4.90 Å². The van der Waals surface area contributed by atoms with Gasteiger partial charge in [-0.05, 0) is 38.6 Å². The van der Waals surface area contributed by atoms with E-state index in [1.807, 2.05) is 0 Å². The van der Waals surface area contributed by atoms with Crippen LogP contribution in [0.3, 0.4) is 0 Å². The molecule has 0 radical (unpaired) electrons. The number of carboxylic acids is 1. The molecule has 0 aliphatic carbocycles. The second kappa shape index (κ2) is 4.82. The Kier molecular flexibility index (Phi) is 3.43. The van der Waals surface area contributed by atoms with Crippen LogP contribution in [0.25, 0.3) is 0 Å². The van der Waals surface area contributed by atoms with Crippen LogP contribution in [0.15, 0.2) is 0 Å². The molecular formula is C11H18N2O3. The van der Waals surface area contributed by atoms with Gasteiger partial charge in [-0.3, -0.25) is 4.79 Å². The number of hydrogen-bond acceptors (Lipinski definition) is 3. The number of piperidine rings is 1. The molecule has 2 heterocycles. The minimum Gasteiger partial charge on any atom is -0.480 e. The topological polar surface area (TPSA) is 69.6 Å². The SMILES string of the molecule is O=C(O)[C@@H]1CCCCN1C(=O)C1CCCN1. The standard InChI is InChI=1S/C11H18N2O3/c14-10(8-4-3-6-12-8)13-7-2-1-5-9(13)11(15)16/h8-9,12H,1-7H2,(H,15,16)/t8?,9-/m0/s1.